The molecule has 0 radical (unpaired) electrons. The van der Waals surface area contributed by atoms with Crippen LogP contribution in [0.15, 0.2) is 42.5 Å². The third-order valence-corrected chi connectivity index (χ3v) is 4.95. The summed E-state index contributed by atoms with van der Waals surface area (Å²) in [5.41, 5.74) is 0.0773. The van der Waals surface area contributed by atoms with E-state index in [0.29, 0.717) is 12.2 Å². The fraction of sp³-hybridized carbons (Fsp3) is 0.136. The number of hydrogen-bond donors (Lipinski definition) is 6. The van der Waals surface area contributed by atoms with Crippen molar-refractivity contribution in [3.63, 3.8) is 0 Å². The number of carbonyl (C=O) groups excluding carboxylic acids is 1. The fourth-order valence-electron chi connectivity index (χ4n) is 3.44. The zero-order chi connectivity index (χ0) is 22.3. The molecule has 9 nitrogen and oxygen atoms in total. The second-order valence-electron chi connectivity index (χ2n) is 7.03. The molecule has 0 amide bonds. The van der Waals surface area contributed by atoms with Crippen LogP contribution in [-0.4, -0.2) is 49.3 Å². The van der Waals surface area contributed by atoms with Crippen LogP contribution in [0.1, 0.15) is 15.9 Å². The maximum absolute atomic E-state index is 12.9. The van der Waals surface area contributed by atoms with Crippen molar-refractivity contribution < 1.29 is 44.9 Å². The Morgan fingerprint density at radius 1 is 0.871 bits per heavy atom. The van der Waals surface area contributed by atoms with E-state index in [2.05, 4.69) is 0 Å². The predicted molar refractivity (Wildman–Crippen MR) is 107 cm³/mol. The maximum Gasteiger partial charge on any atom is 0.339 e. The fourth-order valence-corrected chi connectivity index (χ4v) is 3.44. The molecule has 3 aromatic rings. The van der Waals surface area contributed by atoms with E-state index >= 15 is 0 Å². The minimum Gasteiger partial charge on any atom is -0.504 e. The van der Waals surface area contributed by atoms with Crippen molar-refractivity contribution in [3.05, 3.63) is 53.6 Å². The summed E-state index contributed by atoms with van der Waals surface area (Å²) < 4.78 is 11.1. The van der Waals surface area contributed by atoms with Gasteiger partial charge in [-0.25, -0.2) is 4.79 Å². The molecule has 6 N–H and O–H groups in total. The molecule has 1 aliphatic rings. The normalized spacial score (nSPS) is 15.0. The van der Waals surface area contributed by atoms with Crippen molar-refractivity contribution in [2.75, 3.05) is 6.61 Å². The molecule has 31 heavy (non-hydrogen) atoms. The van der Waals surface area contributed by atoms with Gasteiger partial charge in [-0.2, -0.15) is 0 Å². The highest BCUT2D eigenvalue weighted by Crippen LogP contribution is 2.48. The summed E-state index contributed by atoms with van der Waals surface area (Å²) in [6.45, 7) is 0.0922. The number of esters is 1. The highest BCUT2D eigenvalue weighted by molar-refractivity contribution is 6.01. The molecule has 1 heterocycles. The first-order valence-corrected chi connectivity index (χ1v) is 9.21. The molecular formula is C22H18O9. The van der Waals surface area contributed by atoms with Gasteiger partial charge in [0, 0.05) is 12.0 Å². The first-order valence-electron chi connectivity index (χ1n) is 9.21. The average molecular weight is 426 g/mol. The minimum atomic E-state index is -0.944. The molecule has 0 spiro atoms. The summed E-state index contributed by atoms with van der Waals surface area (Å²) in [5, 5.41) is 59.4. The van der Waals surface area contributed by atoms with Crippen LogP contribution in [0.4, 0.5) is 0 Å². The Morgan fingerprint density at radius 2 is 1.52 bits per heavy atom. The number of carbonyl (C=O) groups is 1. The molecule has 4 rings (SSSR count). The van der Waals surface area contributed by atoms with Crippen molar-refractivity contribution in [2.24, 2.45) is 0 Å². The van der Waals surface area contributed by atoms with Gasteiger partial charge in [0.15, 0.2) is 28.7 Å². The van der Waals surface area contributed by atoms with Crippen LogP contribution < -0.4 is 4.74 Å². The van der Waals surface area contributed by atoms with E-state index in [1.165, 1.54) is 0 Å². The van der Waals surface area contributed by atoms with Crippen LogP contribution in [0.5, 0.6) is 40.2 Å². The lowest BCUT2D eigenvalue weighted by Gasteiger charge is -2.25. The molecule has 0 bridgehead atoms. The van der Waals surface area contributed by atoms with Gasteiger partial charge in [0.05, 0.1) is 5.56 Å². The smallest absolute Gasteiger partial charge is 0.339 e. The number of ether oxygens (including phenoxy) is 2. The van der Waals surface area contributed by atoms with Gasteiger partial charge in [0.25, 0.3) is 0 Å². The Balaban J connectivity index is 1.72. The largest absolute Gasteiger partial charge is 0.504 e. The van der Waals surface area contributed by atoms with Crippen LogP contribution in [0, 0.1) is 0 Å². The Hall–Kier alpha value is -4.27. The third kappa shape index (κ3) is 3.57. The summed E-state index contributed by atoms with van der Waals surface area (Å²) >= 11 is 0. The molecule has 1 unspecified atom stereocenters. The molecular weight excluding hydrogens is 408 g/mol. The SMILES string of the molecule is O=C(OC1COc2ccccc2C1)c1cc(O)c(O)c(O)c1-c1cc(O)c(O)c(O)c1. The van der Waals surface area contributed by atoms with E-state index in [-0.39, 0.29) is 23.3 Å². The molecule has 3 aromatic carbocycles. The molecule has 0 aliphatic carbocycles. The number of benzene rings is 3. The van der Waals surface area contributed by atoms with E-state index < -0.39 is 46.6 Å². The summed E-state index contributed by atoms with van der Waals surface area (Å²) in [7, 11) is 0. The lowest BCUT2D eigenvalue weighted by molar-refractivity contribution is 0.0132. The lowest BCUT2D eigenvalue weighted by Crippen LogP contribution is -2.31. The van der Waals surface area contributed by atoms with Crippen LogP contribution >= 0.6 is 0 Å². The molecule has 9 heteroatoms. The van der Waals surface area contributed by atoms with Crippen molar-refractivity contribution in [1.29, 1.82) is 0 Å². The second-order valence-corrected chi connectivity index (χ2v) is 7.03. The second kappa shape index (κ2) is 7.52. The van der Waals surface area contributed by atoms with Gasteiger partial charge in [0.2, 0.25) is 5.75 Å². The van der Waals surface area contributed by atoms with Crippen molar-refractivity contribution >= 4 is 5.97 Å². The van der Waals surface area contributed by atoms with Crippen molar-refractivity contribution in [3.8, 4) is 51.4 Å². The molecule has 0 saturated heterocycles. The van der Waals surface area contributed by atoms with Crippen molar-refractivity contribution in [2.45, 2.75) is 12.5 Å². The number of phenolic OH excluding ortho intramolecular Hbond substituents is 6. The number of aromatic hydroxyl groups is 6. The summed E-state index contributed by atoms with van der Waals surface area (Å²) in [4.78, 5) is 12.9. The summed E-state index contributed by atoms with van der Waals surface area (Å²) in [5.74, 6) is -5.06. The minimum absolute atomic E-state index is 0.0922. The zero-order valence-corrected chi connectivity index (χ0v) is 15.9. The van der Waals surface area contributed by atoms with Gasteiger partial charge in [-0.15, -0.1) is 0 Å². The maximum atomic E-state index is 12.9. The number of rotatable bonds is 3. The number of para-hydroxylation sites is 1. The van der Waals surface area contributed by atoms with Gasteiger partial charge in [-0.3, -0.25) is 0 Å². The Morgan fingerprint density at radius 3 is 2.23 bits per heavy atom. The van der Waals surface area contributed by atoms with Gasteiger partial charge in [-0.1, -0.05) is 18.2 Å². The number of fused-ring (bicyclic) bond motifs is 1. The first-order chi connectivity index (χ1) is 14.8. The van der Waals surface area contributed by atoms with Gasteiger partial charge >= 0.3 is 5.97 Å². The summed E-state index contributed by atoms with van der Waals surface area (Å²) in [6, 6.07) is 10.1. The first kappa shape index (κ1) is 20.0. The molecule has 1 atom stereocenters. The Bertz CT molecular complexity index is 1160. The highest BCUT2D eigenvalue weighted by Gasteiger charge is 2.29. The van der Waals surface area contributed by atoms with E-state index in [1.54, 1.807) is 6.07 Å². The quantitative estimate of drug-likeness (QED) is 0.274. The Labute approximate surface area is 175 Å². The van der Waals surface area contributed by atoms with E-state index in [9.17, 15) is 35.4 Å². The average Bonchev–Trinajstić information content (AvgIpc) is 2.75. The monoisotopic (exact) mass is 426 g/mol. The number of hydrogen-bond acceptors (Lipinski definition) is 9. The number of phenols is 6. The van der Waals surface area contributed by atoms with E-state index in [4.69, 9.17) is 9.47 Å². The predicted octanol–water partition coefficient (Wildman–Crippen LogP) is 2.75. The molecule has 0 fully saturated rings. The zero-order valence-electron chi connectivity index (χ0n) is 15.9. The highest BCUT2D eigenvalue weighted by atomic mass is 16.6. The molecule has 160 valence electrons. The van der Waals surface area contributed by atoms with E-state index in [1.807, 2.05) is 18.2 Å². The van der Waals surface area contributed by atoms with Crippen LogP contribution in [0.3, 0.4) is 0 Å². The van der Waals surface area contributed by atoms with Crippen LogP contribution in [0.2, 0.25) is 0 Å². The standard InChI is InChI=1S/C22H18O9/c23-14-6-11(7-15(24)19(14)26)18-13(8-16(25)20(27)21(18)28)22(29)31-12-5-10-3-1-2-4-17(10)30-9-12/h1-4,6-8,12,23-28H,5,9H2. The topological polar surface area (TPSA) is 157 Å². The van der Waals surface area contributed by atoms with Crippen LogP contribution in [0.25, 0.3) is 11.1 Å². The molecule has 0 saturated carbocycles. The van der Waals surface area contributed by atoms with Crippen molar-refractivity contribution in [1.82, 2.24) is 0 Å². The van der Waals surface area contributed by atoms with Gasteiger partial charge in [-0.05, 0) is 35.4 Å². The summed E-state index contributed by atoms with van der Waals surface area (Å²) in [6.07, 6.45) is -0.274. The molecule has 1 aliphatic heterocycles. The molecule has 0 aromatic heterocycles. The van der Waals surface area contributed by atoms with Crippen LogP contribution in [-0.2, 0) is 11.2 Å². The third-order valence-electron chi connectivity index (χ3n) is 4.95. The lowest BCUT2D eigenvalue weighted by atomic mass is 9.96. The van der Waals surface area contributed by atoms with E-state index in [0.717, 1.165) is 23.8 Å². The Kier molecular flexibility index (Phi) is 4.86. The van der Waals surface area contributed by atoms with Gasteiger partial charge in [0.1, 0.15) is 18.5 Å². The van der Waals surface area contributed by atoms with Gasteiger partial charge < -0.3 is 40.1 Å².